The normalized spacial score (nSPS) is 22.8. The molecule has 1 aromatic rings. The summed E-state index contributed by atoms with van der Waals surface area (Å²) in [6.07, 6.45) is 5.87. The highest BCUT2D eigenvalue weighted by atomic mass is 16.3. The standard InChI is InChI=1S/C25H36N4O3/c1-3-4-11-21(30)19(16-17-12-13-17)24(31)27-22-25(32)28(2)20-10-6-5-9-18(20)23(26-22)29-14-7-8-15-29/h5-6,9-10,17,19,21-22,30H,3-4,7-8,11-16H2,1-2H3,(H,27,31)/t19?,21?,22-/m1/s1. The van der Waals surface area contributed by atoms with E-state index in [4.69, 9.17) is 4.99 Å². The van der Waals surface area contributed by atoms with Crippen molar-refractivity contribution in [1.29, 1.82) is 0 Å². The first-order valence-electron chi connectivity index (χ1n) is 12.2. The Morgan fingerprint density at radius 3 is 2.66 bits per heavy atom. The predicted octanol–water partition coefficient (Wildman–Crippen LogP) is 2.92. The Labute approximate surface area is 190 Å². The Morgan fingerprint density at radius 2 is 1.97 bits per heavy atom. The summed E-state index contributed by atoms with van der Waals surface area (Å²) >= 11 is 0. The summed E-state index contributed by atoms with van der Waals surface area (Å²) < 4.78 is 0. The van der Waals surface area contributed by atoms with E-state index in [1.54, 1.807) is 11.9 Å². The van der Waals surface area contributed by atoms with Crippen LogP contribution < -0.4 is 10.2 Å². The number of benzene rings is 1. The molecule has 0 bridgehead atoms. The number of nitrogens with one attached hydrogen (secondary N) is 1. The van der Waals surface area contributed by atoms with Crippen molar-refractivity contribution in [3.05, 3.63) is 29.8 Å². The SMILES string of the molecule is CCCCC(O)C(CC1CC1)C(=O)N[C@H]1N=C(N2CCCC2)c2ccccc2N(C)C1=O. The summed E-state index contributed by atoms with van der Waals surface area (Å²) in [6, 6.07) is 7.79. The Balaban J connectivity index is 1.60. The average Bonchev–Trinajstić information content (AvgIpc) is 3.49. The fourth-order valence-electron chi connectivity index (χ4n) is 4.79. The van der Waals surface area contributed by atoms with Crippen LogP contribution in [0.1, 0.15) is 63.9 Å². The van der Waals surface area contributed by atoms with Gasteiger partial charge in [-0.25, -0.2) is 4.99 Å². The second-order valence-electron chi connectivity index (χ2n) is 9.47. The maximum atomic E-state index is 13.3. The second kappa shape index (κ2) is 10.0. The summed E-state index contributed by atoms with van der Waals surface area (Å²) in [5.41, 5.74) is 1.72. The van der Waals surface area contributed by atoms with Crippen LogP contribution in [0.3, 0.4) is 0 Å². The van der Waals surface area contributed by atoms with Gasteiger partial charge < -0.3 is 20.2 Å². The molecular weight excluding hydrogens is 404 g/mol. The molecule has 2 amide bonds. The highest BCUT2D eigenvalue weighted by molar-refractivity contribution is 6.12. The number of aliphatic imine (C=N–C) groups is 1. The van der Waals surface area contributed by atoms with Gasteiger partial charge in [0.1, 0.15) is 5.84 Å². The van der Waals surface area contributed by atoms with E-state index in [1.807, 2.05) is 24.3 Å². The van der Waals surface area contributed by atoms with Crippen molar-refractivity contribution in [3.63, 3.8) is 0 Å². The lowest BCUT2D eigenvalue weighted by Gasteiger charge is -2.25. The molecule has 32 heavy (non-hydrogen) atoms. The number of likely N-dealkylation sites (tertiary alicyclic amines) is 1. The first-order valence-corrected chi connectivity index (χ1v) is 12.2. The first kappa shape index (κ1) is 22.8. The molecule has 3 aliphatic rings. The molecule has 174 valence electrons. The molecule has 1 aromatic carbocycles. The van der Waals surface area contributed by atoms with E-state index in [0.29, 0.717) is 18.8 Å². The quantitative estimate of drug-likeness (QED) is 0.651. The lowest BCUT2D eigenvalue weighted by Crippen LogP contribution is -2.49. The number of anilines is 1. The van der Waals surface area contributed by atoms with Gasteiger partial charge in [-0.3, -0.25) is 9.59 Å². The summed E-state index contributed by atoms with van der Waals surface area (Å²) in [7, 11) is 1.74. The molecule has 2 heterocycles. The molecule has 7 heteroatoms. The van der Waals surface area contributed by atoms with Crippen LogP contribution in [0.15, 0.2) is 29.3 Å². The third-order valence-corrected chi connectivity index (χ3v) is 6.95. The van der Waals surface area contributed by atoms with Crippen molar-refractivity contribution in [2.75, 3.05) is 25.0 Å². The van der Waals surface area contributed by atoms with Crippen molar-refractivity contribution >= 4 is 23.3 Å². The van der Waals surface area contributed by atoms with Gasteiger partial charge in [-0.15, -0.1) is 0 Å². The number of para-hydroxylation sites is 1. The number of fused-ring (bicyclic) bond motifs is 1. The van der Waals surface area contributed by atoms with E-state index in [9.17, 15) is 14.7 Å². The largest absolute Gasteiger partial charge is 0.392 e. The number of carbonyl (C=O) groups is 2. The van der Waals surface area contributed by atoms with Crippen molar-refractivity contribution in [3.8, 4) is 0 Å². The Bertz CT molecular complexity index is 860. The van der Waals surface area contributed by atoms with Gasteiger partial charge in [0.2, 0.25) is 12.1 Å². The molecule has 4 rings (SSSR count). The molecule has 0 radical (unpaired) electrons. The monoisotopic (exact) mass is 440 g/mol. The number of hydrogen-bond donors (Lipinski definition) is 2. The molecular formula is C25H36N4O3. The molecule has 0 aromatic heterocycles. The predicted molar refractivity (Wildman–Crippen MR) is 125 cm³/mol. The highest BCUT2D eigenvalue weighted by Crippen LogP contribution is 2.37. The zero-order valence-corrected chi connectivity index (χ0v) is 19.3. The average molecular weight is 441 g/mol. The molecule has 0 spiro atoms. The molecule has 1 saturated carbocycles. The van der Waals surface area contributed by atoms with Gasteiger partial charge in [0.05, 0.1) is 17.7 Å². The lowest BCUT2D eigenvalue weighted by molar-refractivity contribution is -0.133. The number of likely N-dealkylation sites (N-methyl/N-ethyl adjacent to an activating group) is 1. The van der Waals surface area contributed by atoms with E-state index < -0.39 is 18.2 Å². The summed E-state index contributed by atoms with van der Waals surface area (Å²) in [4.78, 5) is 35.3. The zero-order chi connectivity index (χ0) is 22.7. The third kappa shape index (κ3) is 4.98. The first-order chi connectivity index (χ1) is 15.5. The van der Waals surface area contributed by atoms with Crippen LogP contribution in [0.25, 0.3) is 0 Å². The number of nitrogens with zero attached hydrogens (tertiary/aromatic N) is 3. The Morgan fingerprint density at radius 1 is 1.25 bits per heavy atom. The number of aliphatic hydroxyl groups excluding tert-OH is 1. The van der Waals surface area contributed by atoms with Crippen molar-refractivity contribution in [2.45, 2.75) is 70.6 Å². The Hall–Kier alpha value is -2.41. The maximum Gasteiger partial charge on any atom is 0.272 e. The number of rotatable bonds is 8. The fraction of sp³-hybridized carbons (Fsp3) is 0.640. The molecule has 1 aliphatic carbocycles. The van der Waals surface area contributed by atoms with E-state index in [2.05, 4.69) is 17.1 Å². The number of carbonyl (C=O) groups excluding carboxylic acids is 2. The molecule has 1 saturated heterocycles. The van der Waals surface area contributed by atoms with Crippen molar-refractivity contribution in [2.24, 2.45) is 16.8 Å². The summed E-state index contributed by atoms with van der Waals surface area (Å²) in [5.74, 6) is 0.257. The topological polar surface area (TPSA) is 85.2 Å². The molecule has 2 N–H and O–H groups in total. The van der Waals surface area contributed by atoms with E-state index in [1.165, 1.54) is 0 Å². The van der Waals surface area contributed by atoms with Crippen LogP contribution in [0.5, 0.6) is 0 Å². The van der Waals surface area contributed by atoms with Gasteiger partial charge in [-0.05, 0) is 43.7 Å². The fourth-order valence-corrected chi connectivity index (χ4v) is 4.79. The van der Waals surface area contributed by atoms with Crippen molar-refractivity contribution < 1.29 is 14.7 Å². The van der Waals surface area contributed by atoms with Crippen LogP contribution in [0.4, 0.5) is 5.69 Å². The molecule has 3 atom stereocenters. The van der Waals surface area contributed by atoms with Crippen LogP contribution in [0.2, 0.25) is 0 Å². The van der Waals surface area contributed by atoms with E-state index in [0.717, 1.165) is 68.7 Å². The molecule has 2 aliphatic heterocycles. The van der Waals surface area contributed by atoms with Gasteiger partial charge in [0.15, 0.2) is 0 Å². The van der Waals surface area contributed by atoms with Gasteiger partial charge in [0.25, 0.3) is 5.91 Å². The maximum absolute atomic E-state index is 13.3. The molecule has 2 fully saturated rings. The number of hydrogen-bond acceptors (Lipinski definition) is 5. The summed E-state index contributed by atoms with van der Waals surface area (Å²) in [6.45, 7) is 3.87. The van der Waals surface area contributed by atoms with E-state index in [-0.39, 0.29) is 11.8 Å². The minimum Gasteiger partial charge on any atom is -0.392 e. The van der Waals surface area contributed by atoms with Crippen LogP contribution >= 0.6 is 0 Å². The summed E-state index contributed by atoms with van der Waals surface area (Å²) in [5, 5.41) is 13.7. The number of amides is 2. The molecule has 2 unspecified atom stereocenters. The number of benzodiazepines with no additional fused rings is 1. The van der Waals surface area contributed by atoms with Gasteiger partial charge in [-0.2, -0.15) is 0 Å². The van der Waals surface area contributed by atoms with Crippen molar-refractivity contribution in [1.82, 2.24) is 10.2 Å². The van der Waals surface area contributed by atoms with Gasteiger partial charge in [-0.1, -0.05) is 44.7 Å². The van der Waals surface area contributed by atoms with Crippen LogP contribution in [-0.4, -0.2) is 60.1 Å². The van der Waals surface area contributed by atoms with Crippen LogP contribution in [-0.2, 0) is 9.59 Å². The van der Waals surface area contributed by atoms with Gasteiger partial charge >= 0.3 is 0 Å². The minimum absolute atomic E-state index is 0.256. The lowest BCUT2D eigenvalue weighted by atomic mass is 9.91. The molecule has 7 nitrogen and oxygen atoms in total. The Kier molecular flexibility index (Phi) is 7.13. The van der Waals surface area contributed by atoms with Crippen LogP contribution in [0, 0.1) is 11.8 Å². The number of aliphatic hydroxyl groups is 1. The number of unbranched alkanes of at least 4 members (excludes halogenated alkanes) is 1. The smallest absolute Gasteiger partial charge is 0.272 e. The highest BCUT2D eigenvalue weighted by Gasteiger charge is 2.37. The number of amidine groups is 1. The van der Waals surface area contributed by atoms with Gasteiger partial charge in [0, 0.05) is 25.7 Å². The van der Waals surface area contributed by atoms with E-state index >= 15 is 0 Å². The zero-order valence-electron chi connectivity index (χ0n) is 19.3. The third-order valence-electron chi connectivity index (χ3n) is 6.95. The minimum atomic E-state index is -0.990. The second-order valence-corrected chi connectivity index (χ2v) is 9.47.